The van der Waals surface area contributed by atoms with Crippen molar-refractivity contribution in [1.29, 1.82) is 0 Å². The van der Waals surface area contributed by atoms with Gasteiger partial charge in [-0.25, -0.2) is 4.79 Å². The van der Waals surface area contributed by atoms with E-state index in [1.54, 1.807) is 24.3 Å². The van der Waals surface area contributed by atoms with Crippen LogP contribution in [0, 0.1) is 6.92 Å². The largest absolute Gasteiger partial charge is 0.489 e. The number of hydrogen-bond donors (Lipinski definition) is 1. The Labute approximate surface area is 168 Å². The Morgan fingerprint density at radius 3 is 2.82 bits per heavy atom. The molecule has 1 heterocycles. The second kappa shape index (κ2) is 9.28. The molecule has 0 aliphatic carbocycles. The Bertz CT molecular complexity index is 910. The van der Waals surface area contributed by atoms with E-state index in [0.29, 0.717) is 41.0 Å². The third-order valence-corrected chi connectivity index (χ3v) is 4.28. The Morgan fingerprint density at radius 1 is 1.21 bits per heavy atom. The van der Waals surface area contributed by atoms with Crippen LogP contribution in [0.1, 0.15) is 17.5 Å². The number of rotatable bonds is 5. The number of nitrogens with one attached hydrogen (secondary N) is 1. The van der Waals surface area contributed by atoms with Gasteiger partial charge in [-0.2, -0.15) is 0 Å². The molecule has 28 heavy (non-hydrogen) atoms. The van der Waals surface area contributed by atoms with Gasteiger partial charge in [-0.05, 0) is 42.3 Å². The number of anilines is 1. The molecule has 0 atom stereocenters. The lowest BCUT2D eigenvalue weighted by atomic mass is 10.2. The Morgan fingerprint density at radius 2 is 2.00 bits per heavy atom. The van der Waals surface area contributed by atoms with Crippen molar-refractivity contribution in [2.24, 2.45) is 0 Å². The van der Waals surface area contributed by atoms with Crippen LogP contribution in [0.25, 0.3) is 6.08 Å². The van der Waals surface area contributed by atoms with E-state index in [-0.39, 0.29) is 6.61 Å². The minimum atomic E-state index is -0.636. The van der Waals surface area contributed by atoms with Gasteiger partial charge in [0.2, 0.25) is 0 Å². The van der Waals surface area contributed by atoms with Gasteiger partial charge in [0.25, 0.3) is 5.91 Å². The third-order valence-electron chi connectivity index (χ3n) is 4.00. The topological polar surface area (TPSA) is 73.9 Å². The molecule has 7 heteroatoms. The van der Waals surface area contributed by atoms with Crippen LogP contribution >= 0.6 is 11.6 Å². The Kier molecular flexibility index (Phi) is 6.55. The summed E-state index contributed by atoms with van der Waals surface area (Å²) in [5, 5.41) is 3.11. The highest BCUT2D eigenvalue weighted by atomic mass is 35.5. The van der Waals surface area contributed by atoms with Crippen molar-refractivity contribution in [3.05, 3.63) is 58.6 Å². The number of fused-ring (bicyclic) bond motifs is 1. The van der Waals surface area contributed by atoms with Crippen molar-refractivity contribution < 1.29 is 23.8 Å². The number of esters is 1. The molecule has 0 radical (unpaired) electrons. The molecule has 0 saturated carbocycles. The van der Waals surface area contributed by atoms with E-state index < -0.39 is 11.9 Å². The van der Waals surface area contributed by atoms with Gasteiger partial charge in [0.05, 0.1) is 18.2 Å². The molecule has 2 aromatic rings. The fourth-order valence-corrected chi connectivity index (χ4v) is 2.87. The molecule has 0 fully saturated rings. The summed E-state index contributed by atoms with van der Waals surface area (Å²) in [6, 6.07) is 10.8. The first-order valence-corrected chi connectivity index (χ1v) is 9.20. The zero-order valence-electron chi connectivity index (χ0n) is 15.4. The monoisotopic (exact) mass is 401 g/mol. The maximum atomic E-state index is 11.9. The zero-order chi connectivity index (χ0) is 19.9. The molecule has 0 bridgehead atoms. The maximum absolute atomic E-state index is 11.9. The van der Waals surface area contributed by atoms with Gasteiger partial charge in [0, 0.05) is 18.2 Å². The van der Waals surface area contributed by atoms with Crippen molar-refractivity contribution in [1.82, 2.24) is 0 Å². The summed E-state index contributed by atoms with van der Waals surface area (Å²) in [5.41, 5.74) is 2.27. The van der Waals surface area contributed by atoms with Crippen LogP contribution in [0.5, 0.6) is 11.5 Å². The number of aryl methyl sites for hydroxylation is 1. The number of benzene rings is 2. The number of carbonyl (C=O) groups is 2. The highest BCUT2D eigenvalue weighted by Crippen LogP contribution is 2.38. The molecule has 0 saturated heterocycles. The molecule has 1 aliphatic heterocycles. The molecule has 146 valence electrons. The minimum absolute atomic E-state index is 0.376. The van der Waals surface area contributed by atoms with E-state index >= 15 is 0 Å². The lowest BCUT2D eigenvalue weighted by Crippen LogP contribution is -2.20. The number of amides is 1. The van der Waals surface area contributed by atoms with E-state index in [0.717, 1.165) is 12.0 Å². The normalized spacial score (nSPS) is 13.1. The summed E-state index contributed by atoms with van der Waals surface area (Å²) < 4.78 is 16.1. The second-order valence-corrected chi connectivity index (χ2v) is 6.59. The van der Waals surface area contributed by atoms with E-state index in [1.807, 2.05) is 25.1 Å². The lowest BCUT2D eigenvalue weighted by molar-refractivity contribution is -0.142. The highest BCUT2D eigenvalue weighted by molar-refractivity contribution is 6.32. The number of carbonyl (C=O) groups excluding carboxylic acids is 2. The van der Waals surface area contributed by atoms with Crippen LogP contribution < -0.4 is 14.8 Å². The van der Waals surface area contributed by atoms with Crippen molar-refractivity contribution in [3.8, 4) is 11.5 Å². The SMILES string of the molecule is Cc1ccccc1NC(=O)COC(=O)/C=C/c1cc(Cl)c2c(c1)OCCCO2. The maximum Gasteiger partial charge on any atom is 0.331 e. The summed E-state index contributed by atoms with van der Waals surface area (Å²) in [5.74, 6) is 0.000219. The molecule has 1 N–H and O–H groups in total. The number of para-hydroxylation sites is 1. The molecule has 3 rings (SSSR count). The molecule has 0 spiro atoms. The predicted molar refractivity (Wildman–Crippen MR) is 107 cm³/mol. The molecule has 1 aliphatic rings. The number of hydrogen-bond acceptors (Lipinski definition) is 5. The quantitative estimate of drug-likeness (QED) is 0.605. The van der Waals surface area contributed by atoms with Crippen molar-refractivity contribution in [3.63, 3.8) is 0 Å². The zero-order valence-corrected chi connectivity index (χ0v) is 16.1. The van der Waals surface area contributed by atoms with Crippen molar-refractivity contribution in [2.75, 3.05) is 25.1 Å². The van der Waals surface area contributed by atoms with Crippen LogP contribution in [0.4, 0.5) is 5.69 Å². The summed E-state index contributed by atoms with van der Waals surface area (Å²) >= 11 is 6.22. The first-order valence-electron chi connectivity index (χ1n) is 8.82. The van der Waals surface area contributed by atoms with Gasteiger partial charge in [-0.15, -0.1) is 0 Å². The average Bonchev–Trinajstić information content (AvgIpc) is 2.92. The van der Waals surface area contributed by atoms with Gasteiger partial charge in [-0.1, -0.05) is 29.8 Å². The van der Waals surface area contributed by atoms with E-state index in [2.05, 4.69) is 5.32 Å². The molecular formula is C21H20ClNO5. The van der Waals surface area contributed by atoms with Gasteiger partial charge in [0.1, 0.15) is 0 Å². The summed E-state index contributed by atoms with van der Waals surface area (Å²) in [4.78, 5) is 23.8. The van der Waals surface area contributed by atoms with Gasteiger partial charge in [-0.3, -0.25) is 4.79 Å². The molecule has 2 aromatic carbocycles. The lowest BCUT2D eigenvalue weighted by Gasteiger charge is -2.10. The van der Waals surface area contributed by atoms with Crippen LogP contribution in [0.15, 0.2) is 42.5 Å². The smallest absolute Gasteiger partial charge is 0.331 e. The third kappa shape index (κ3) is 5.27. The molecule has 0 aromatic heterocycles. The predicted octanol–water partition coefficient (Wildman–Crippen LogP) is 4.00. The fourth-order valence-electron chi connectivity index (χ4n) is 2.60. The van der Waals surface area contributed by atoms with Crippen LogP contribution in [-0.2, 0) is 14.3 Å². The van der Waals surface area contributed by atoms with Crippen molar-refractivity contribution >= 4 is 35.2 Å². The standard InChI is InChI=1S/C21H20ClNO5/c1-14-5-2-3-6-17(14)23-19(24)13-28-20(25)8-7-15-11-16(22)21-18(12-15)26-9-4-10-27-21/h2-3,5-8,11-12H,4,9-10,13H2,1H3,(H,23,24)/b8-7+. The molecule has 6 nitrogen and oxygen atoms in total. The van der Waals surface area contributed by atoms with Gasteiger partial charge in [0.15, 0.2) is 18.1 Å². The number of ether oxygens (including phenoxy) is 3. The van der Waals surface area contributed by atoms with Crippen LogP contribution in [0.3, 0.4) is 0 Å². The molecular weight excluding hydrogens is 382 g/mol. The molecule has 1 amide bonds. The highest BCUT2D eigenvalue weighted by Gasteiger charge is 2.15. The molecule has 0 unspecified atom stereocenters. The van der Waals surface area contributed by atoms with Crippen LogP contribution in [0.2, 0.25) is 5.02 Å². The Hall–Kier alpha value is -2.99. The second-order valence-electron chi connectivity index (χ2n) is 6.18. The Balaban J connectivity index is 1.55. The summed E-state index contributed by atoms with van der Waals surface area (Å²) in [6.45, 7) is 2.58. The summed E-state index contributed by atoms with van der Waals surface area (Å²) in [6.07, 6.45) is 3.55. The van der Waals surface area contributed by atoms with Gasteiger partial charge >= 0.3 is 5.97 Å². The van der Waals surface area contributed by atoms with Gasteiger partial charge < -0.3 is 19.5 Å². The number of halogens is 1. The summed E-state index contributed by atoms with van der Waals surface area (Å²) in [7, 11) is 0. The van der Waals surface area contributed by atoms with E-state index in [9.17, 15) is 9.59 Å². The first-order chi connectivity index (χ1) is 13.5. The first kappa shape index (κ1) is 19.8. The minimum Gasteiger partial charge on any atom is -0.489 e. The van der Waals surface area contributed by atoms with Crippen molar-refractivity contribution in [2.45, 2.75) is 13.3 Å². The average molecular weight is 402 g/mol. The van der Waals surface area contributed by atoms with E-state index in [4.69, 9.17) is 25.8 Å². The van der Waals surface area contributed by atoms with E-state index in [1.165, 1.54) is 6.08 Å². The fraction of sp³-hybridized carbons (Fsp3) is 0.238. The van der Waals surface area contributed by atoms with Crippen LogP contribution in [-0.4, -0.2) is 31.7 Å².